The van der Waals surface area contributed by atoms with Crippen LogP contribution in [0.5, 0.6) is 0 Å². The standard InChI is InChI=1S/C14H21N7O4S/c1-10-11(6-26-4-3-17-13(16-2)19-7-15)20-8-21(10)9-25-14(24)18-5-12(22)23/h8H,3-6,9H2,1-2H3,(H,18,24)(H,22,23)(H2,16,17,19). The van der Waals surface area contributed by atoms with Crippen LogP contribution in [-0.4, -0.2) is 58.6 Å². The van der Waals surface area contributed by atoms with Crippen molar-refractivity contribution in [1.29, 1.82) is 5.26 Å². The van der Waals surface area contributed by atoms with Crippen molar-refractivity contribution in [3.05, 3.63) is 17.7 Å². The molecule has 0 fully saturated rings. The van der Waals surface area contributed by atoms with Gasteiger partial charge in [-0.3, -0.25) is 15.1 Å². The molecule has 12 heteroatoms. The molecular weight excluding hydrogens is 362 g/mol. The molecule has 0 radical (unpaired) electrons. The summed E-state index contributed by atoms with van der Waals surface area (Å²) in [6, 6.07) is 0. The first kappa shape index (κ1) is 21.1. The minimum atomic E-state index is -1.14. The van der Waals surface area contributed by atoms with Crippen molar-refractivity contribution in [3.63, 3.8) is 0 Å². The second-order valence-corrected chi connectivity index (χ2v) is 5.95. The summed E-state index contributed by atoms with van der Waals surface area (Å²) in [4.78, 5) is 29.8. The summed E-state index contributed by atoms with van der Waals surface area (Å²) in [5, 5.41) is 24.5. The highest BCUT2D eigenvalue weighted by Gasteiger charge is 2.09. The molecular formula is C14H21N7O4S. The van der Waals surface area contributed by atoms with Crippen molar-refractivity contribution in [1.82, 2.24) is 25.5 Å². The van der Waals surface area contributed by atoms with E-state index in [9.17, 15) is 9.59 Å². The lowest BCUT2D eigenvalue weighted by Gasteiger charge is -2.08. The molecule has 26 heavy (non-hydrogen) atoms. The maximum atomic E-state index is 11.3. The van der Waals surface area contributed by atoms with Crippen LogP contribution >= 0.6 is 11.8 Å². The molecule has 0 saturated carbocycles. The molecule has 1 rings (SSSR count). The molecule has 1 amide bonds. The number of aliphatic carboxylic acids is 1. The van der Waals surface area contributed by atoms with Crippen LogP contribution in [0.1, 0.15) is 11.4 Å². The van der Waals surface area contributed by atoms with E-state index >= 15 is 0 Å². The number of nitriles is 1. The number of hydrogen-bond donors (Lipinski definition) is 4. The molecule has 11 nitrogen and oxygen atoms in total. The number of rotatable bonds is 9. The Morgan fingerprint density at radius 1 is 1.50 bits per heavy atom. The van der Waals surface area contributed by atoms with Crippen LogP contribution < -0.4 is 16.0 Å². The fourth-order valence-corrected chi connectivity index (χ4v) is 2.59. The number of carboxylic acids is 1. The van der Waals surface area contributed by atoms with E-state index in [0.717, 1.165) is 17.1 Å². The van der Waals surface area contributed by atoms with Gasteiger partial charge in [-0.1, -0.05) is 0 Å². The van der Waals surface area contributed by atoms with Crippen molar-refractivity contribution in [3.8, 4) is 6.19 Å². The molecule has 4 N–H and O–H groups in total. The Morgan fingerprint density at radius 3 is 2.92 bits per heavy atom. The van der Waals surface area contributed by atoms with Gasteiger partial charge in [-0.05, 0) is 6.92 Å². The average molecular weight is 383 g/mol. The van der Waals surface area contributed by atoms with Crippen LogP contribution in [0.2, 0.25) is 0 Å². The smallest absolute Gasteiger partial charge is 0.409 e. The summed E-state index contributed by atoms with van der Waals surface area (Å²) in [6.45, 7) is 1.95. The van der Waals surface area contributed by atoms with Crippen LogP contribution in [-0.2, 0) is 22.0 Å². The average Bonchev–Trinajstić information content (AvgIpc) is 2.96. The second-order valence-electron chi connectivity index (χ2n) is 4.84. The first-order valence-electron chi connectivity index (χ1n) is 7.54. The van der Waals surface area contributed by atoms with Crippen molar-refractivity contribution < 1.29 is 19.4 Å². The predicted molar refractivity (Wildman–Crippen MR) is 95.4 cm³/mol. The zero-order valence-electron chi connectivity index (χ0n) is 14.5. The van der Waals surface area contributed by atoms with Crippen LogP contribution in [0.15, 0.2) is 11.3 Å². The highest BCUT2D eigenvalue weighted by atomic mass is 32.2. The summed E-state index contributed by atoms with van der Waals surface area (Å²) < 4.78 is 6.58. The molecule has 1 heterocycles. The van der Waals surface area contributed by atoms with E-state index in [0.29, 0.717) is 18.3 Å². The summed E-state index contributed by atoms with van der Waals surface area (Å²) in [5.74, 6) is 0.741. The Bertz CT molecular complexity index is 683. The van der Waals surface area contributed by atoms with Crippen molar-refractivity contribution in [2.24, 2.45) is 4.99 Å². The van der Waals surface area contributed by atoms with E-state index in [-0.39, 0.29) is 6.73 Å². The lowest BCUT2D eigenvalue weighted by molar-refractivity contribution is -0.135. The van der Waals surface area contributed by atoms with Gasteiger partial charge in [0.25, 0.3) is 0 Å². The van der Waals surface area contributed by atoms with Gasteiger partial charge in [-0.15, -0.1) is 0 Å². The number of guanidine groups is 1. The number of alkyl carbamates (subject to hydrolysis) is 1. The minimum absolute atomic E-state index is 0.0489. The third kappa shape index (κ3) is 7.75. The Kier molecular flexibility index (Phi) is 9.40. The molecule has 0 unspecified atom stereocenters. The normalized spacial score (nSPS) is 10.7. The molecule has 0 aliphatic rings. The molecule has 0 aliphatic heterocycles. The monoisotopic (exact) mass is 383 g/mol. The van der Waals surface area contributed by atoms with Gasteiger partial charge in [0, 0.05) is 30.8 Å². The molecule has 1 aromatic rings. The van der Waals surface area contributed by atoms with Crippen LogP contribution in [0.4, 0.5) is 4.79 Å². The largest absolute Gasteiger partial charge is 0.480 e. The van der Waals surface area contributed by atoms with E-state index in [1.54, 1.807) is 35.9 Å². The summed E-state index contributed by atoms with van der Waals surface area (Å²) in [6.07, 6.45) is 2.56. The molecule has 0 aromatic carbocycles. The van der Waals surface area contributed by atoms with Crippen molar-refractivity contribution >= 4 is 29.8 Å². The first-order chi connectivity index (χ1) is 12.5. The molecule has 0 spiro atoms. The molecule has 142 valence electrons. The van der Waals surface area contributed by atoms with Gasteiger partial charge >= 0.3 is 12.1 Å². The van der Waals surface area contributed by atoms with Gasteiger partial charge < -0.3 is 25.0 Å². The Balaban J connectivity index is 2.32. The fourth-order valence-electron chi connectivity index (χ4n) is 1.73. The maximum absolute atomic E-state index is 11.3. The zero-order chi connectivity index (χ0) is 19.4. The highest BCUT2D eigenvalue weighted by Crippen LogP contribution is 2.14. The SMILES string of the molecule is CN=C(NC#N)NCCSCc1ncn(COC(=O)NCC(=O)O)c1C. The minimum Gasteiger partial charge on any atom is -0.480 e. The number of ether oxygens (including phenoxy) is 1. The summed E-state index contributed by atoms with van der Waals surface area (Å²) in [5.41, 5.74) is 1.72. The lowest BCUT2D eigenvalue weighted by atomic mass is 10.4. The molecule has 1 aromatic heterocycles. The second kappa shape index (κ2) is 11.6. The number of imidazole rings is 1. The van der Waals surface area contributed by atoms with E-state index in [1.165, 1.54) is 0 Å². The molecule has 0 bridgehead atoms. The number of carbonyl (C=O) groups is 2. The third-order valence-corrected chi connectivity index (χ3v) is 4.07. The highest BCUT2D eigenvalue weighted by molar-refractivity contribution is 7.98. The number of carbonyl (C=O) groups excluding carboxylic acids is 1. The van der Waals surface area contributed by atoms with Crippen LogP contribution in [0.25, 0.3) is 0 Å². The van der Waals surface area contributed by atoms with Gasteiger partial charge in [0.1, 0.15) is 6.54 Å². The number of nitrogens with one attached hydrogen (secondary N) is 3. The number of carboxylic acid groups (broad SMARTS) is 1. The van der Waals surface area contributed by atoms with E-state index < -0.39 is 18.6 Å². The number of amides is 1. The summed E-state index contributed by atoms with van der Waals surface area (Å²) >= 11 is 1.65. The van der Waals surface area contributed by atoms with Gasteiger partial charge in [0.2, 0.25) is 5.96 Å². The van der Waals surface area contributed by atoms with Gasteiger partial charge in [-0.2, -0.15) is 17.0 Å². The number of hydrogen-bond acceptors (Lipinski definition) is 7. The number of aromatic nitrogens is 2. The van der Waals surface area contributed by atoms with Crippen molar-refractivity contribution in [2.45, 2.75) is 19.4 Å². The van der Waals surface area contributed by atoms with Crippen LogP contribution in [0, 0.1) is 18.4 Å². The quantitative estimate of drug-likeness (QED) is 0.150. The first-order valence-corrected chi connectivity index (χ1v) is 8.70. The number of nitrogens with zero attached hydrogens (tertiary/aromatic N) is 4. The summed E-state index contributed by atoms with van der Waals surface area (Å²) in [7, 11) is 1.58. The topological polar surface area (TPSA) is 154 Å². The lowest BCUT2D eigenvalue weighted by Crippen LogP contribution is -2.35. The Labute approximate surface area is 154 Å². The van der Waals surface area contributed by atoms with Crippen LogP contribution in [0.3, 0.4) is 0 Å². The molecule has 0 saturated heterocycles. The maximum Gasteiger partial charge on any atom is 0.409 e. The zero-order valence-corrected chi connectivity index (χ0v) is 15.3. The third-order valence-electron chi connectivity index (χ3n) is 3.10. The van der Waals surface area contributed by atoms with E-state index in [1.807, 2.05) is 6.92 Å². The number of thioether (sulfide) groups is 1. The molecule has 0 aliphatic carbocycles. The van der Waals surface area contributed by atoms with Gasteiger partial charge in [0.05, 0.1) is 12.0 Å². The fraction of sp³-hybridized carbons (Fsp3) is 0.500. The predicted octanol–water partition coefficient (Wildman–Crippen LogP) is -0.161. The van der Waals surface area contributed by atoms with Gasteiger partial charge in [-0.25, -0.2) is 9.78 Å². The Hall–Kier alpha value is -2.94. The van der Waals surface area contributed by atoms with Crippen molar-refractivity contribution in [2.75, 3.05) is 25.9 Å². The molecule has 0 atom stereocenters. The Morgan fingerprint density at radius 2 is 2.27 bits per heavy atom. The van der Waals surface area contributed by atoms with E-state index in [4.69, 9.17) is 15.1 Å². The van der Waals surface area contributed by atoms with E-state index in [2.05, 4.69) is 25.9 Å². The number of aliphatic imine (C=N–C) groups is 1. The van der Waals surface area contributed by atoms with Gasteiger partial charge in [0.15, 0.2) is 12.9 Å².